The normalized spacial score (nSPS) is 11.1. The van der Waals surface area contributed by atoms with Gasteiger partial charge >= 0.3 is 0 Å². The molecule has 0 atom stereocenters. The molecule has 5 nitrogen and oxygen atoms in total. The Kier molecular flexibility index (Phi) is 6.23. The first-order valence-corrected chi connectivity index (χ1v) is 9.31. The predicted octanol–water partition coefficient (Wildman–Crippen LogP) is 2.65. The van der Waals surface area contributed by atoms with Gasteiger partial charge in [0.25, 0.3) is 0 Å². The number of hydrogen-bond acceptors (Lipinski definition) is 4. The van der Waals surface area contributed by atoms with Gasteiger partial charge in [-0.05, 0) is 36.4 Å². The van der Waals surface area contributed by atoms with Crippen LogP contribution in [0.1, 0.15) is 0 Å². The van der Waals surface area contributed by atoms with Crippen LogP contribution in [0, 0.1) is 0 Å². The number of halogens is 1. The van der Waals surface area contributed by atoms with Crippen LogP contribution in [0.3, 0.4) is 0 Å². The molecule has 0 fully saturated rings. The summed E-state index contributed by atoms with van der Waals surface area (Å²) in [5.74, 6) is -0.370. The van der Waals surface area contributed by atoms with E-state index >= 15 is 0 Å². The van der Waals surface area contributed by atoms with Crippen LogP contribution < -0.4 is 4.74 Å². The summed E-state index contributed by atoms with van der Waals surface area (Å²) < 4.78 is 30.0. The zero-order chi connectivity index (χ0) is 17.6. The van der Waals surface area contributed by atoms with E-state index in [4.69, 9.17) is 16.3 Å². The highest BCUT2D eigenvalue weighted by atomic mass is 35.5. The molecule has 2 aromatic rings. The van der Waals surface area contributed by atoms with Gasteiger partial charge < -0.3 is 9.64 Å². The lowest BCUT2D eigenvalue weighted by Crippen LogP contribution is -2.35. The summed E-state index contributed by atoms with van der Waals surface area (Å²) in [5, 5.41) is 0.440. The zero-order valence-corrected chi connectivity index (χ0v) is 14.8. The minimum atomic E-state index is -3.69. The molecule has 0 N–H and O–H groups in total. The van der Waals surface area contributed by atoms with Crippen molar-refractivity contribution in [3.8, 4) is 5.75 Å². The van der Waals surface area contributed by atoms with Crippen LogP contribution in [-0.4, -0.2) is 45.2 Å². The van der Waals surface area contributed by atoms with Gasteiger partial charge in [0.2, 0.25) is 5.91 Å². The predicted molar refractivity (Wildman–Crippen MR) is 93.1 cm³/mol. The molecule has 0 saturated heterocycles. The molecule has 2 rings (SSSR count). The first-order chi connectivity index (χ1) is 11.4. The molecule has 24 heavy (non-hydrogen) atoms. The molecule has 0 aliphatic heterocycles. The van der Waals surface area contributed by atoms with E-state index in [1.54, 1.807) is 7.05 Å². The molecule has 0 aliphatic rings. The number of hydrogen-bond donors (Lipinski definition) is 0. The van der Waals surface area contributed by atoms with E-state index < -0.39 is 21.5 Å². The van der Waals surface area contributed by atoms with Crippen molar-refractivity contribution in [3.63, 3.8) is 0 Å². The summed E-state index contributed by atoms with van der Waals surface area (Å²) in [6.45, 7) is 0.580. The van der Waals surface area contributed by atoms with Gasteiger partial charge in [0.1, 0.15) is 18.1 Å². The van der Waals surface area contributed by atoms with Crippen LogP contribution >= 0.6 is 11.6 Å². The van der Waals surface area contributed by atoms with Gasteiger partial charge in [0.05, 0.1) is 11.4 Å². The first-order valence-electron chi connectivity index (χ1n) is 7.28. The van der Waals surface area contributed by atoms with Gasteiger partial charge in [-0.3, -0.25) is 4.79 Å². The van der Waals surface area contributed by atoms with Gasteiger partial charge in [-0.25, -0.2) is 8.42 Å². The molecule has 1 amide bonds. The third-order valence-corrected chi connectivity index (χ3v) is 5.22. The number of sulfone groups is 1. The summed E-state index contributed by atoms with van der Waals surface area (Å²) in [7, 11) is -2.14. The van der Waals surface area contributed by atoms with Crippen molar-refractivity contribution in [2.75, 3.05) is 26.0 Å². The topological polar surface area (TPSA) is 63.7 Å². The van der Waals surface area contributed by atoms with Crippen LogP contribution in [-0.2, 0) is 14.6 Å². The standard InChI is InChI=1S/C17H18ClNO4S/c1-19(11-12-23-15-5-3-2-4-6-15)17(20)13-24(21,22)16-9-7-14(18)8-10-16/h2-10H,11-13H2,1H3. The Morgan fingerprint density at radius 3 is 2.33 bits per heavy atom. The van der Waals surface area contributed by atoms with Gasteiger partial charge in [0.15, 0.2) is 9.84 Å². The summed E-state index contributed by atoms with van der Waals surface area (Å²) in [4.78, 5) is 13.5. The molecule has 0 heterocycles. The van der Waals surface area contributed by atoms with E-state index in [1.165, 1.54) is 29.2 Å². The van der Waals surface area contributed by atoms with Crippen LogP contribution in [0.2, 0.25) is 5.02 Å². The molecule has 2 aromatic carbocycles. The van der Waals surface area contributed by atoms with E-state index in [0.717, 1.165) is 0 Å². The van der Waals surface area contributed by atoms with Gasteiger partial charge in [-0.1, -0.05) is 29.8 Å². The van der Waals surface area contributed by atoms with Gasteiger partial charge in [-0.15, -0.1) is 0 Å². The van der Waals surface area contributed by atoms with Crippen LogP contribution in [0.25, 0.3) is 0 Å². The highest BCUT2D eigenvalue weighted by molar-refractivity contribution is 7.92. The Morgan fingerprint density at radius 1 is 1.08 bits per heavy atom. The van der Waals surface area contributed by atoms with Crippen LogP contribution in [0.5, 0.6) is 5.75 Å². The maximum absolute atomic E-state index is 12.2. The average Bonchev–Trinajstić information content (AvgIpc) is 2.55. The van der Waals surface area contributed by atoms with Crippen molar-refractivity contribution < 1.29 is 17.9 Å². The number of carbonyl (C=O) groups is 1. The monoisotopic (exact) mass is 367 g/mol. The van der Waals surface area contributed by atoms with E-state index in [1.807, 2.05) is 30.3 Å². The Labute approximate surface area is 146 Å². The lowest BCUT2D eigenvalue weighted by atomic mass is 10.3. The highest BCUT2D eigenvalue weighted by Crippen LogP contribution is 2.15. The minimum absolute atomic E-state index is 0.0779. The van der Waals surface area contributed by atoms with Crippen molar-refractivity contribution in [1.82, 2.24) is 4.90 Å². The molecule has 0 aliphatic carbocycles. The number of ether oxygens (including phenoxy) is 1. The third kappa shape index (κ3) is 5.25. The minimum Gasteiger partial charge on any atom is -0.492 e. The first kappa shape index (κ1) is 18.3. The summed E-state index contributed by atoms with van der Waals surface area (Å²) in [6, 6.07) is 15.0. The quantitative estimate of drug-likeness (QED) is 0.754. The number of benzene rings is 2. The third-order valence-electron chi connectivity index (χ3n) is 3.35. The molecule has 0 aromatic heterocycles. The zero-order valence-electron chi connectivity index (χ0n) is 13.2. The lowest BCUT2D eigenvalue weighted by molar-refractivity contribution is -0.127. The maximum Gasteiger partial charge on any atom is 0.238 e. The largest absolute Gasteiger partial charge is 0.492 e. The van der Waals surface area contributed by atoms with Crippen molar-refractivity contribution in [1.29, 1.82) is 0 Å². The van der Waals surface area contributed by atoms with E-state index in [2.05, 4.69) is 0 Å². The molecule has 0 unspecified atom stereocenters. The smallest absolute Gasteiger partial charge is 0.238 e. The number of para-hydroxylation sites is 1. The fourth-order valence-electron chi connectivity index (χ4n) is 1.94. The second kappa shape index (κ2) is 8.17. The molecule has 0 bridgehead atoms. The second-order valence-corrected chi connectivity index (χ2v) is 7.62. The lowest BCUT2D eigenvalue weighted by Gasteiger charge is -2.17. The second-order valence-electron chi connectivity index (χ2n) is 5.19. The summed E-state index contributed by atoms with van der Waals surface area (Å²) in [5.41, 5.74) is 0. The average molecular weight is 368 g/mol. The molecular weight excluding hydrogens is 350 g/mol. The van der Waals surface area contributed by atoms with Crippen molar-refractivity contribution in [3.05, 3.63) is 59.6 Å². The van der Waals surface area contributed by atoms with Crippen molar-refractivity contribution in [2.45, 2.75) is 4.90 Å². The van der Waals surface area contributed by atoms with E-state index in [-0.39, 0.29) is 11.5 Å². The molecular formula is C17H18ClNO4S. The number of likely N-dealkylation sites (N-methyl/N-ethyl adjacent to an activating group) is 1. The molecule has 0 spiro atoms. The number of nitrogens with zero attached hydrogens (tertiary/aromatic N) is 1. The number of carbonyl (C=O) groups excluding carboxylic acids is 1. The highest BCUT2D eigenvalue weighted by Gasteiger charge is 2.21. The van der Waals surface area contributed by atoms with Crippen molar-refractivity contribution in [2.24, 2.45) is 0 Å². The van der Waals surface area contributed by atoms with Gasteiger partial charge in [-0.2, -0.15) is 0 Å². The molecule has 128 valence electrons. The molecule has 0 saturated carbocycles. The van der Waals surface area contributed by atoms with E-state index in [9.17, 15) is 13.2 Å². The van der Waals surface area contributed by atoms with Crippen molar-refractivity contribution >= 4 is 27.3 Å². The van der Waals surface area contributed by atoms with Crippen LogP contribution in [0.4, 0.5) is 0 Å². The maximum atomic E-state index is 12.2. The fourth-order valence-corrected chi connectivity index (χ4v) is 3.33. The molecule has 0 radical (unpaired) electrons. The Hall–Kier alpha value is -2.05. The fraction of sp³-hybridized carbons (Fsp3) is 0.235. The molecule has 7 heteroatoms. The summed E-state index contributed by atoms with van der Waals surface area (Å²) in [6.07, 6.45) is 0. The Bertz CT molecular complexity index is 776. The summed E-state index contributed by atoms with van der Waals surface area (Å²) >= 11 is 5.74. The SMILES string of the molecule is CN(CCOc1ccccc1)C(=O)CS(=O)(=O)c1ccc(Cl)cc1. The van der Waals surface area contributed by atoms with Gasteiger partial charge in [0, 0.05) is 12.1 Å². The Balaban J connectivity index is 1.87. The van der Waals surface area contributed by atoms with Crippen LogP contribution in [0.15, 0.2) is 59.5 Å². The number of amides is 1. The number of rotatable bonds is 7. The Morgan fingerprint density at radius 2 is 1.71 bits per heavy atom. The van der Waals surface area contributed by atoms with E-state index in [0.29, 0.717) is 17.3 Å².